The van der Waals surface area contributed by atoms with E-state index in [0.717, 1.165) is 0 Å². The third-order valence-electron chi connectivity index (χ3n) is 2.95. The van der Waals surface area contributed by atoms with Gasteiger partial charge in [0.25, 0.3) is 0 Å². The number of ether oxygens (including phenoxy) is 1. The van der Waals surface area contributed by atoms with E-state index in [2.05, 4.69) is 11.2 Å². The molecule has 1 saturated heterocycles. The first-order chi connectivity index (χ1) is 7.50. The van der Waals surface area contributed by atoms with Crippen LogP contribution < -0.4 is 5.32 Å². The van der Waals surface area contributed by atoms with Crippen LogP contribution in [-0.2, 0) is 14.6 Å². The van der Waals surface area contributed by atoms with Gasteiger partial charge in [0.1, 0.15) is 0 Å². The minimum Gasteiger partial charge on any atom is -0.377 e. The standard InChI is InChI=1S/C11H19NO3S/c1-4-6-12-8-9(2)16(13,14)11-5-7-15-10(11)3/h1,9-12H,5-8H2,2-3H3. The Morgan fingerprint density at radius 1 is 1.62 bits per heavy atom. The molecule has 3 atom stereocenters. The van der Waals surface area contributed by atoms with Gasteiger partial charge in [-0.25, -0.2) is 8.42 Å². The summed E-state index contributed by atoms with van der Waals surface area (Å²) < 4.78 is 29.6. The van der Waals surface area contributed by atoms with E-state index in [1.54, 1.807) is 6.92 Å². The van der Waals surface area contributed by atoms with Crippen molar-refractivity contribution in [2.24, 2.45) is 0 Å². The molecule has 1 heterocycles. The van der Waals surface area contributed by atoms with Gasteiger partial charge in [0.05, 0.1) is 23.1 Å². The molecule has 0 amide bonds. The highest BCUT2D eigenvalue weighted by atomic mass is 32.2. The number of sulfone groups is 1. The molecule has 1 aliphatic rings. The molecular weight excluding hydrogens is 226 g/mol. The smallest absolute Gasteiger partial charge is 0.159 e. The number of nitrogens with one attached hydrogen (secondary N) is 1. The predicted molar refractivity (Wildman–Crippen MR) is 63.9 cm³/mol. The van der Waals surface area contributed by atoms with E-state index in [9.17, 15) is 8.42 Å². The molecule has 3 unspecified atom stereocenters. The normalized spacial score (nSPS) is 27.6. The highest BCUT2D eigenvalue weighted by Gasteiger charge is 2.38. The summed E-state index contributed by atoms with van der Waals surface area (Å²) >= 11 is 0. The van der Waals surface area contributed by atoms with Gasteiger partial charge >= 0.3 is 0 Å². The number of hydrogen-bond donors (Lipinski definition) is 1. The Morgan fingerprint density at radius 3 is 2.81 bits per heavy atom. The highest BCUT2D eigenvalue weighted by molar-refractivity contribution is 7.92. The second kappa shape index (κ2) is 5.67. The van der Waals surface area contributed by atoms with E-state index in [4.69, 9.17) is 11.2 Å². The quantitative estimate of drug-likeness (QED) is 0.555. The van der Waals surface area contributed by atoms with Crippen molar-refractivity contribution in [2.45, 2.75) is 36.9 Å². The van der Waals surface area contributed by atoms with Crippen LogP contribution in [0.1, 0.15) is 20.3 Å². The highest BCUT2D eigenvalue weighted by Crippen LogP contribution is 2.23. The largest absolute Gasteiger partial charge is 0.377 e. The Bertz CT molecular complexity index is 358. The monoisotopic (exact) mass is 245 g/mol. The molecular formula is C11H19NO3S. The maximum absolute atomic E-state index is 12.2. The van der Waals surface area contributed by atoms with Crippen molar-refractivity contribution in [1.82, 2.24) is 5.32 Å². The zero-order valence-electron chi connectivity index (χ0n) is 9.77. The van der Waals surface area contributed by atoms with Crippen LogP contribution in [0, 0.1) is 12.3 Å². The summed E-state index contributed by atoms with van der Waals surface area (Å²) in [7, 11) is -3.12. The van der Waals surface area contributed by atoms with Gasteiger partial charge in [0.15, 0.2) is 9.84 Å². The Hall–Kier alpha value is -0.570. The second-order valence-electron chi connectivity index (χ2n) is 4.14. The summed E-state index contributed by atoms with van der Waals surface area (Å²) in [5.41, 5.74) is 0. The molecule has 0 aromatic carbocycles. The molecule has 1 N–H and O–H groups in total. The first-order valence-corrected chi connectivity index (χ1v) is 7.09. The van der Waals surface area contributed by atoms with Crippen LogP contribution in [0.2, 0.25) is 0 Å². The van der Waals surface area contributed by atoms with Crippen molar-refractivity contribution in [3.8, 4) is 12.3 Å². The Morgan fingerprint density at radius 2 is 2.31 bits per heavy atom. The summed E-state index contributed by atoms with van der Waals surface area (Å²) in [5.74, 6) is 2.42. The van der Waals surface area contributed by atoms with Crippen LogP contribution in [0.15, 0.2) is 0 Å². The lowest BCUT2D eigenvalue weighted by atomic mass is 10.3. The third kappa shape index (κ3) is 2.97. The first-order valence-electron chi connectivity index (χ1n) is 5.48. The summed E-state index contributed by atoms with van der Waals surface area (Å²) in [6.07, 6.45) is 5.49. The molecule has 16 heavy (non-hydrogen) atoms. The van der Waals surface area contributed by atoms with Crippen LogP contribution in [0.4, 0.5) is 0 Å². The van der Waals surface area contributed by atoms with Gasteiger partial charge in [-0.15, -0.1) is 6.42 Å². The topological polar surface area (TPSA) is 55.4 Å². The van der Waals surface area contributed by atoms with Crippen molar-refractivity contribution in [3.05, 3.63) is 0 Å². The Labute approximate surface area is 97.7 Å². The van der Waals surface area contributed by atoms with Gasteiger partial charge in [0.2, 0.25) is 0 Å². The van der Waals surface area contributed by atoms with Gasteiger partial charge in [-0.3, -0.25) is 0 Å². The SMILES string of the molecule is C#CCNCC(C)S(=O)(=O)C1CCOC1C. The van der Waals surface area contributed by atoms with E-state index in [0.29, 0.717) is 26.1 Å². The van der Waals surface area contributed by atoms with E-state index >= 15 is 0 Å². The molecule has 0 aromatic heterocycles. The number of rotatable bonds is 5. The van der Waals surface area contributed by atoms with E-state index in [1.165, 1.54) is 0 Å². The van der Waals surface area contributed by atoms with Crippen LogP contribution in [0.3, 0.4) is 0 Å². The van der Waals surface area contributed by atoms with E-state index < -0.39 is 15.1 Å². The van der Waals surface area contributed by atoms with Crippen LogP contribution in [0.25, 0.3) is 0 Å². The molecule has 5 heteroatoms. The molecule has 1 aliphatic heterocycles. The fourth-order valence-corrected chi connectivity index (χ4v) is 3.89. The van der Waals surface area contributed by atoms with Crippen LogP contribution >= 0.6 is 0 Å². The maximum Gasteiger partial charge on any atom is 0.159 e. The Kier molecular flexibility index (Phi) is 4.78. The molecule has 0 aliphatic carbocycles. The zero-order chi connectivity index (χ0) is 12.2. The third-order valence-corrected chi connectivity index (χ3v) is 5.70. The first kappa shape index (κ1) is 13.5. The summed E-state index contributed by atoms with van der Waals surface area (Å²) in [6, 6.07) is 0. The fraction of sp³-hybridized carbons (Fsp3) is 0.818. The minimum absolute atomic E-state index is 0.194. The molecule has 1 fully saturated rings. The van der Waals surface area contributed by atoms with Crippen LogP contribution in [-0.4, -0.2) is 44.7 Å². The zero-order valence-corrected chi connectivity index (χ0v) is 10.6. The molecule has 0 radical (unpaired) electrons. The van der Waals surface area contributed by atoms with Crippen molar-refractivity contribution in [3.63, 3.8) is 0 Å². The fourth-order valence-electron chi connectivity index (χ4n) is 1.91. The van der Waals surface area contributed by atoms with Gasteiger partial charge in [0, 0.05) is 13.2 Å². The van der Waals surface area contributed by atoms with Crippen molar-refractivity contribution in [2.75, 3.05) is 19.7 Å². The average Bonchev–Trinajstić information content (AvgIpc) is 2.65. The molecule has 0 spiro atoms. The van der Waals surface area contributed by atoms with Crippen LogP contribution in [0.5, 0.6) is 0 Å². The maximum atomic E-state index is 12.2. The van der Waals surface area contributed by atoms with E-state index in [1.807, 2.05) is 6.92 Å². The second-order valence-corrected chi connectivity index (χ2v) is 6.73. The lowest BCUT2D eigenvalue weighted by molar-refractivity contribution is 0.126. The summed E-state index contributed by atoms with van der Waals surface area (Å²) in [4.78, 5) is 0. The van der Waals surface area contributed by atoms with Crippen molar-refractivity contribution < 1.29 is 13.2 Å². The average molecular weight is 245 g/mol. The van der Waals surface area contributed by atoms with Gasteiger partial charge < -0.3 is 10.1 Å². The molecule has 4 nitrogen and oxygen atoms in total. The molecule has 0 aromatic rings. The molecule has 0 bridgehead atoms. The lowest BCUT2D eigenvalue weighted by Gasteiger charge is -2.20. The van der Waals surface area contributed by atoms with Gasteiger partial charge in [-0.1, -0.05) is 5.92 Å². The Balaban J connectivity index is 2.59. The molecule has 1 rings (SSSR count). The van der Waals surface area contributed by atoms with Crippen molar-refractivity contribution >= 4 is 9.84 Å². The summed E-state index contributed by atoms with van der Waals surface area (Å²) in [5, 5.41) is 2.14. The summed E-state index contributed by atoms with van der Waals surface area (Å²) in [6.45, 7) is 4.86. The van der Waals surface area contributed by atoms with Crippen molar-refractivity contribution in [1.29, 1.82) is 0 Å². The van der Waals surface area contributed by atoms with E-state index in [-0.39, 0.29) is 11.4 Å². The lowest BCUT2D eigenvalue weighted by Crippen LogP contribution is -2.40. The molecule has 0 saturated carbocycles. The molecule has 92 valence electrons. The number of hydrogen-bond acceptors (Lipinski definition) is 4. The van der Waals surface area contributed by atoms with Gasteiger partial charge in [-0.05, 0) is 20.3 Å². The minimum atomic E-state index is -3.12. The number of terminal acetylenes is 1. The van der Waals surface area contributed by atoms with Gasteiger partial charge in [-0.2, -0.15) is 0 Å². The predicted octanol–water partition coefficient (Wildman–Crippen LogP) is 0.190.